The van der Waals surface area contributed by atoms with Crippen LogP contribution in [0, 0.1) is 5.92 Å². The summed E-state index contributed by atoms with van der Waals surface area (Å²) in [5, 5.41) is 3.59. The van der Waals surface area contributed by atoms with Crippen molar-refractivity contribution in [3.8, 4) is 0 Å². The number of hydrogen-bond donors (Lipinski definition) is 1. The third-order valence-electron chi connectivity index (χ3n) is 3.82. The summed E-state index contributed by atoms with van der Waals surface area (Å²) in [6.07, 6.45) is 4.02. The SMILES string of the molecule is CCC(C)c1ccc(NC(C)C2CC2)cc1. The maximum absolute atomic E-state index is 3.59. The molecule has 1 aromatic rings. The fourth-order valence-corrected chi connectivity index (χ4v) is 2.12. The van der Waals surface area contributed by atoms with Crippen molar-refractivity contribution in [1.29, 1.82) is 0 Å². The van der Waals surface area contributed by atoms with Crippen LogP contribution in [0.15, 0.2) is 24.3 Å². The standard InChI is InChI=1S/C15H23N/c1-4-11(2)13-7-9-15(10-8-13)16-12(3)14-5-6-14/h7-12,14,16H,4-6H2,1-3H3. The molecule has 1 saturated carbocycles. The Morgan fingerprint density at radius 2 is 1.81 bits per heavy atom. The topological polar surface area (TPSA) is 12.0 Å². The number of rotatable bonds is 5. The molecule has 1 fully saturated rings. The highest BCUT2D eigenvalue weighted by Crippen LogP contribution is 2.34. The Morgan fingerprint density at radius 1 is 1.19 bits per heavy atom. The average molecular weight is 217 g/mol. The zero-order valence-corrected chi connectivity index (χ0v) is 10.7. The Bertz CT molecular complexity index is 324. The predicted octanol–water partition coefficient (Wildman–Crippen LogP) is 4.41. The van der Waals surface area contributed by atoms with Crippen molar-refractivity contribution >= 4 is 5.69 Å². The number of hydrogen-bond acceptors (Lipinski definition) is 1. The van der Waals surface area contributed by atoms with Gasteiger partial charge in [-0.15, -0.1) is 0 Å². The summed E-state index contributed by atoms with van der Waals surface area (Å²) in [5.74, 6) is 1.59. The highest BCUT2D eigenvalue weighted by atomic mass is 14.9. The zero-order chi connectivity index (χ0) is 11.5. The van der Waals surface area contributed by atoms with E-state index in [4.69, 9.17) is 0 Å². The van der Waals surface area contributed by atoms with Crippen molar-refractivity contribution in [2.45, 2.75) is 52.0 Å². The number of nitrogens with one attached hydrogen (secondary N) is 1. The van der Waals surface area contributed by atoms with Crippen LogP contribution in [0.3, 0.4) is 0 Å². The molecule has 1 N–H and O–H groups in total. The zero-order valence-electron chi connectivity index (χ0n) is 10.7. The van der Waals surface area contributed by atoms with E-state index >= 15 is 0 Å². The molecule has 0 heterocycles. The Labute approximate surface area is 99.3 Å². The van der Waals surface area contributed by atoms with Gasteiger partial charge < -0.3 is 5.32 Å². The fraction of sp³-hybridized carbons (Fsp3) is 0.600. The minimum absolute atomic E-state index is 0.634. The van der Waals surface area contributed by atoms with Crippen molar-refractivity contribution in [2.75, 3.05) is 5.32 Å². The van der Waals surface area contributed by atoms with Crippen LogP contribution in [-0.2, 0) is 0 Å². The van der Waals surface area contributed by atoms with Gasteiger partial charge in [0, 0.05) is 11.7 Å². The molecule has 2 unspecified atom stereocenters. The van der Waals surface area contributed by atoms with Crippen LogP contribution in [0.4, 0.5) is 5.69 Å². The van der Waals surface area contributed by atoms with Crippen molar-refractivity contribution < 1.29 is 0 Å². The maximum Gasteiger partial charge on any atom is 0.0342 e. The van der Waals surface area contributed by atoms with E-state index in [0.29, 0.717) is 12.0 Å². The summed E-state index contributed by atoms with van der Waals surface area (Å²) in [6.45, 7) is 6.82. The number of benzene rings is 1. The molecule has 0 aromatic heterocycles. The van der Waals surface area contributed by atoms with Crippen LogP contribution in [0.25, 0.3) is 0 Å². The minimum Gasteiger partial charge on any atom is -0.382 e. The summed E-state index contributed by atoms with van der Waals surface area (Å²) in [4.78, 5) is 0. The van der Waals surface area contributed by atoms with Crippen LogP contribution in [0.2, 0.25) is 0 Å². The Balaban J connectivity index is 1.95. The van der Waals surface area contributed by atoms with Gasteiger partial charge in [0.1, 0.15) is 0 Å². The molecule has 16 heavy (non-hydrogen) atoms. The molecule has 0 aliphatic heterocycles. The second kappa shape index (κ2) is 4.90. The molecule has 0 saturated heterocycles. The van der Waals surface area contributed by atoms with Crippen molar-refractivity contribution in [2.24, 2.45) is 5.92 Å². The lowest BCUT2D eigenvalue weighted by molar-refractivity contribution is 0.693. The molecule has 0 amide bonds. The van der Waals surface area contributed by atoms with E-state index in [1.54, 1.807) is 0 Å². The monoisotopic (exact) mass is 217 g/mol. The normalized spacial score (nSPS) is 19.2. The first-order valence-electron chi connectivity index (χ1n) is 6.57. The molecule has 1 aromatic carbocycles. The molecule has 1 nitrogen and oxygen atoms in total. The first-order valence-corrected chi connectivity index (χ1v) is 6.57. The number of anilines is 1. The molecule has 0 bridgehead atoms. The van der Waals surface area contributed by atoms with Gasteiger partial charge in [-0.2, -0.15) is 0 Å². The van der Waals surface area contributed by atoms with E-state index < -0.39 is 0 Å². The molecule has 1 aliphatic carbocycles. The van der Waals surface area contributed by atoms with Gasteiger partial charge in [-0.3, -0.25) is 0 Å². The van der Waals surface area contributed by atoms with E-state index in [-0.39, 0.29) is 0 Å². The lowest BCUT2D eigenvalue weighted by Crippen LogP contribution is -2.17. The average Bonchev–Trinajstić information content (AvgIpc) is 3.13. The lowest BCUT2D eigenvalue weighted by Gasteiger charge is -2.15. The third-order valence-corrected chi connectivity index (χ3v) is 3.82. The fourth-order valence-electron chi connectivity index (χ4n) is 2.12. The van der Waals surface area contributed by atoms with Gasteiger partial charge in [0.05, 0.1) is 0 Å². The van der Waals surface area contributed by atoms with E-state index in [1.165, 1.54) is 30.5 Å². The van der Waals surface area contributed by atoms with Gasteiger partial charge in [-0.05, 0) is 55.7 Å². The first-order chi connectivity index (χ1) is 7.70. The molecule has 88 valence electrons. The molecule has 2 atom stereocenters. The highest BCUT2D eigenvalue weighted by Gasteiger charge is 2.27. The van der Waals surface area contributed by atoms with Crippen LogP contribution >= 0.6 is 0 Å². The Morgan fingerprint density at radius 3 is 2.31 bits per heavy atom. The summed E-state index contributed by atoms with van der Waals surface area (Å²) >= 11 is 0. The molecule has 0 radical (unpaired) electrons. The van der Waals surface area contributed by atoms with Gasteiger partial charge in [-0.1, -0.05) is 26.0 Å². The smallest absolute Gasteiger partial charge is 0.0342 e. The van der Waals surface area contributed by atoms with Gasteiger partial charge in [0.25, 0.3) is 0 Å². The van der Waals surface area contributed by atoms with Crippen LogP contribution < -0.4 is 5.32 Å². The van der Waals surface area contributed by atoms with Crippen molar-refractivity contribution in [3.63, 3.8) is 0 Å². The van der Waals surface area contributed by atoms with Gasteiger partial charge in [0.2, 0.25) is 0 Å². The summed E-state index contributed by atoms with van der Waals surface area (Å²) < 4.78 is 0. The molecule has 0 spiro atoms. The second-order valence-electron chi connectivity index (χ2n) is 5.20. The summed E-state index contributed by atoms with van der Waals surface area (Å²) in [5.41, 5.74) is 2.72. The third kappa shape index (κ3) is 2.78. The Hall–Kier alpha value is -0.980. The van der Waals surface area contributed by atoms with Gasteiger partial charge >= 0.3 is 0 Å². The largest absolute Gasteiger partial charge is 0.382 e. The molecular formula is C15H23N. The summed E-state index contributed by atoms with van der Waals surface area (Å²) in [7, 11) is 0. The predicted molar refractivity (Wildman–Crippen MR) is 71.0 cm³/mol. The maximum atomic E-state index is 3.59. The van der Waals surface area contributed by atoms with Crippen molar-refractivity contribution in [3.05, 3.63) is 29.8 Å². The van der Waals surface area contributed by atoms with Crippen LogP contribution in [-0.4, -0.2) is 6.04 Å². The second-order valence-corrected chi connectivity index (χ2v) is 5.20. The van der Waals surface area contributed by atoms with Crippen LogP contribution in [0.5, 0.6) is 0 Å². The Kier molecular flexibility index (Phi) is 3.52. The quantitative estimate of drug-likeness (QED) is 0.770. The molecular weight excluding hydrogens is 194 g/mol. The van der Waals surface area contributed by atoms with E-state index in [0.717, 1.165) is 5.92 Å². The summed E-state index contributed by atoms with van der Waals surface area (Å²) in [6, 6.07) is 9.60. The first kappa shape index (κ1) is 11.5. The van der Waals surface area contributed by atoms with Gasteiger partial charge in [-0.25, -0.2) is 0 Å². The van der Waals surface area contributed by atoms with E-state index in [2.05, 4.69) is 50.4 Å². The molecule has 1 aliphatic rings. The van der Waals surface area contributed by atoms with Gasteiger partial charge in [0.15, 0.2) is 0 Å². The highest BCUT2D eigenvalue weighted by molar-refractivity contribution is 5.46. The molecule has 1 heteroatoms. The van der Waals surface area contributed by atoms with Crippen LogP contribution in [0.1, 0.15) is 51.5 Å². The van der Waals surface area contributed by atoms with Crippen molar-refractivity contribution in [1.82, 2.24) is 0 Å². The van der Waals surface area contributed by atoms with E-state index in [1.807, 2.05) is 0 Å². The minimum atomic E-state index is 0.634. The van der Waals surface area contributed by atoms with E-state index in [9.17, 15) is 0 Å². The lowest BCUT2D eigenvalue weighted by atomic mass is 9.98. The molecule has 2 rings (SSSR count).